The number of carbonyl (C=O) groups excluding carboxylic acids is 1. The molecule has 1 heteroatoms. The highest BCUT2D eigenvalue weighted by molar-refractivity contribution is 5.86. The van der Waals surface area contributed by atoms with Crippen LogP contribution in [0.2, 0.25) is 0 Å². The van der Waals surface area contributed by atoms with Crippen molar-refractivity contribution in [3.63, 3.8) is 0 Å². The van der Waals surface area contributed by atoms with Crippen LogP contribution in [0.3, 0.4) is 0 Å². The Kier molecular flexibility index (Phi) is 2.67. The average Bonchev–Trinajstić information content (AvgIpc) is 2.31. The van der Waals surface area contributed by atoms with E-state index >= 15 is 0 Å². The van der Waals surface area contributed by atoms with Crippen molar-refractivity contribution in [3.05, 3.63) is 18.6 Å². The predicted octanol–water partition coefficient (Wildman–Crippen LogP) is 2.14. The zero-order chi connectivity index (χ0) is 7.40. The fourth-order valence-corrected chi connectivity index (χ4v) is 1.17. The highest BCUT2D eigenvalue weighted by Crippen LogP contribution is 2.20. The highest BCUT2D eigenvalue weighted by atomic mass is 16.1. The van der Waals surface area contributed by atoms with Gasteiger partial charge in [-0.2, -0.15) is 0 Å². The topological polar surface area (TPSA) is 17.1 Å². The Bertz CT molecular complexity index is 147. The van der Waals surface area contributed by atoms with Crippen LogP contribution in [0.4, 0.5) is 0 Å². The van der Waals surface area contributed by atoms with E-state index in [1.54, 1.807) is 0 Å². The average molecular weight is 137 g/mol. The van der Waals surface area contributed by atoms with Crippen LogP contribution in [-0.4, -0.2) is 5.78 Å². The number of Topliss-reactive ketones (excluding diaryl/α,β-unsaturated/α-hetero) is 1. The van der Waals surface area contributed by atoms with Crippen LogP contribution < -0.4 is 0 Å². The van der Waals surface area contributed by atoms with Crippen molar-refractivity contribution in [1.82, 2.24) is 0 Å². The molecule has 0 saturated heterocycles. The Morgan fingerprint density at radius 1 is 1.80 bits per heavy atom. The maximum Gasteiger partial charge on any atom is 0.140 e. The highest BCUT2D eigenvalue weighted by Gasteiger charge is 2.21. The molecule has 55 valence electrons. The Hall–Kier alpha value is -0.590. The SMILES string of the molecule is CC/C=C/C1[CH]CCC1=O. The molecule has 1 rings (SSSR count). The molecule has 0 aromatic heterocycles. The molecular formula is C9H13O. The van der Waals surface area contributed by atoms with E-state index in [-0.39, 0.29) is 5.92 Å². The second kappa shape index (κ2) is 3.55. The van der Waals surface area contributed by atoms with Gasteiger partial charge in [0.05, 0.1) is 0 Å². The normalized spacial score (nSPS) is 26.5. The first kappa shape index (κ1) is 7.52. The lowest BCUT2D eigenvalue weighted by Crippen LogP contribution is -2.01. The van der Waals surface area contributed by atoms with Crippen molar-refractivity contribution < 1.29 is 4.79 Å². The number of carbonyl (C=O) groups is 1. The second-order valence-electron chi connectivity index (χ2n) is 2.60. The van der Waals surface area contributed by atoms with E-state index in [1.165, 1.54) is 0 Å². The van der Waals surface area contributed by atoms with Crippen LogP contribution in [0.15, 0.2) is 12.2 Å². The van der Waals surface area contributed by atoms with Crippen molar-refractivity contribution in [3.8, 4) is 0 Å². The summed E-state index contributed by atoms with van der Waals surface area (Å²) in [4.78, 5) is 11.0. The zero-order valence-corrected chi connectivity index (χ0v) is 6.34. The molecule has 1 aliphatic rings. The van der Waals surface area contributed by atoms with Crippen molar-refractivity contribution >= 4 is 5.78 Å². The maximum atomic E-state index is 11.0. The predicted molar refractivity (Wildman–Crippen MR) is 41.5 cm³/mol. The Morgan fingerprint density at radius 3 is 3.10 bits per heavy atom. The molecule has 0 aliphatic heterocycles. The summed E-state index contributed by atoms with van der Waals surface area (Å²) in [6.45, 7) is 2.08. The lowest BCUT2D eigenvalue weighted by Gasteiger charge is -1.96. The van der Waals surface area contributed by atoms with Crippen LogP contribution >= 0.6 is 0 Å². The van der Waals surface area contributed by atoms with Gasteiger partial charge in [0.1, 0.15) is 5.78 Å². The van der Waals surface area contributed by atoms with Crippen molar-refractivity contribution in [2.45, 2.75) is 26.2 Å². The smallest absolute Gasteiger partial charge is 0.140 e. The van der Waals surface area contributed by atoms with Gasteiger partial charge in [-0.15, -0.1) is 0 Å². The summed E-state index contributed by atoms with van der Waals surface area (Å²) in [5, 5.41) is 0. The zero-order valence-electron chi connectivity index (χ0n) is 6.34. The van der Waals surface area contributed by atoms with E-state index in [9.17, 15) is 4.79 Å². The van der Waals surface area contributed by atoms with Gasteiger partial charge in [0.25, 0.3) is 0 Å². The lowest BCUT2D eigenvalue weighted by molar-refractivity contribution is -0.119. The third kappa shape index (κ3) is 1.69. The third-order valence-electron chi connectivity index (χ3n) is 1.76. The van der Waals surface area contributed by atoms with E-state index in [0.29, 0.717) is 5.78 Å². The molecule has 1 radical (unpaired) electrons. The Balaban J connectivity index is 2.40. The summed E-state index contributed by atoms with van der Waals surface area (Å²) < 4.78 is 0. The van der Waals surface area contributed by atoms with Gasteiger partial charge in [-0.25, -0.2) is 0 Å². The first-order chi connectivity index (χ1) is 4.84. The minimum absolute atomic E-state index is 0.139. The summed E-state index contributed by atoms with van der Waals surface area (Å²) in [7, 11) is 0. The monoisotopic (exact) mass is 137 g/mol. The molecule has 0 amide bonds. The van der Waals surface area contributed by atoms with E-state index < -0.39 is 0 Å². The Labute approximate surface area is 62.1 Å². The second-order valence-corrected chi connectivity index (χ2v) is 2.60. The fourth-order valence-electron chi connectivity index (χ4n) is 1.17. The number of ketones is 1. The van der Waals surface area contributed by atoms with Crippen LogP contribution in [0.25, 0.3) is 0 Å². The van der Waals surface area contributed by atoms with E-state index in [4.69, 9.17) is 0 Å². The molecule has 1 aliphatic carbocycles. The standard InChI is InChI=1S/C9H13O/c1-2-3-5-8-6-4-7-9(8)10/h3,5-6,8H,2,4,7H2,1H3/b5-3+. The first-order valence-corrected chi connectivity index (χ1v) is 3.87. The summed E-state index contributed by atoms with van der Waals surface area (Å²) in [6.07, 6.45) is 8.90. The molecular weight excluding hydrogens is 124 g/mol. The van der Waals surface area contributed by atoms with Gasteiger partial charge in [0.2, 0.25) is 0 Å². The van der Waals surface area contributed by atoms with Gasteiger partial charge < -0.3 is 0 Å². The number of hydrogen-bond donors (Lipinski definition) is 0. The molecule has 0 N–H and O–H groups in total. The van der Waals surface area contributed by atoms with Crippen molar-refractivity contribution in [2.24, 2.45) is 5.92 Å². The molecule has 1 nitrogen and oxygen atoms in total. The molecule has 0 aromatic carbocycles. The van der Waals surface area contributed by atoms with E-state index in [2.05, 4.69) is 19.4 Å². The maximum absolute atomic E-state index is 11.0. The van der Waals surface area contributed by atoms with Crippen LogP contribution in [0.1, 0.15) is 26.2 Å². The van der Waals surface area contributed by atoms with Gasteiger partial charge in [-0.1, -0.05) is 19.1 Å². The van der Waals surface area contributed by atoms with Crippen molar-refractivity contribution in [1.29, 1.82) is 0 Å². The molecule has 0 bridgehead atoms. The minimum Gasteiger partial charge on any atom is -0.299 e. The van der Waals surface area contributed by atoms with Gasteiger partial charge >= 0.3 is 0 Å². The lowest BCUT2D eigenvalue weighted by atomic mass is 10.1. The van der Waals surface area contributed by atoms with Crippen molar-refractivity contribution in [2.75, 3.05) is 0 Å². The molecule has 1 fully saturated rings. The van der Waals surface area contributed by atoms with Gasteiger partial charge in [-0.05, 0) is 19.3 Å². The Morgan fingerprint density at radius 2 is 2.60 bits per heavy atom. The largest absolute Gasteiger partial charge is 0.299 e. The number of hydrogen-bond acceptors (Lipinski definition) is 1. The van der Waals surface area contributed by atoms with Crippen LogP contribution in [-0.2, 0) is 4.79 Å². The molecule has 1 saturated carbocycles. The molecule has 0 aromatic rings. The fraction of sp³-hybridized carbons (Fsp3) is 0.556. The third-order valence-corrected chi connectivity index (χ3v) is 1.76. The molecule has 1 atom stereocenters. The van der Waals surface area contributed by atoms with E-state index in [1.807, 2.05) is 6.08 Å². The molecule has 1 unspecified atom stereocenters. The van der Waals surface area contributed by atoms with E-state index in [0.717, 1.165) is 19.3 Å². The summed E-state index contributed by atoms with van der Waals surface area (Å²) in [6, 6.07) is 0. The first-order valence-electron chi connectivity index (χ1n) is 3.87. The number of allylic oxidation sites excluding steroid dienone is 2. The summed E-state index contributed by atoms with van der Waals surface area (Å²) >= 11 is 0. The van der Waals surface area contributed by atoms with Gasteiger partial charge in [-0.3, -0.25) is 4.79 Å². The number of rotatable bonds is 2. The van der Waals surface area contributed by atoms with Gasteiger partial charge in [0, 0.05) is 12.3 Å². The molecule has 0 heterocycles. The molecule has 0 spiro atoms. The quantitative estimate of drug-likeness (QED) is 0.533. The van der Waals surface area contributed by atoms with Crippen LogP contribution in [0, 0.1) is 12.3 Å². The van der Waals surface area contributed by atoms with Gasteiger partial charge in [0.15, 0.2) is 0 Å². The summed E-state index contributed by atoms with van der Waals surface area (Å²) in [5.41, 5.74) is 0. The molecule has 10 heavy (non-hydrogen) atoms. The van der Waals surface area contributed by atoms with Crippen LogP contribution in [0.5, 0.6) is 0 Å². The summed E-state index contributed by atoms with van der Waals surface area (Å²) in [5.74, 6) is 0.518. The minimum atomic E-state index is 0.139.